The van der Waals surface area contributed by atoms with E-state index in [9.17, 15) is 4.79 Å². The first kappa shape index (κ1) is 23.3. The van der Waals surface area contributed by atoms with Crippen LogP contribution in [-0.2, 0) is 11.3 Å². The van der Waals surface area contributed by atoms with Crippen LogP contribution in [0.15, 0.2) is 84.9 Å². The summed E-state index contributed by atoms with van der Waals surface area (Å²) in [5, 5.41) is 5.46. The number of pyridine rings is 1. The zero-order chi connectivity index (χ0) is 25.1. The molecule has 0 radical (unpaired) electrons. The number of hydrogen-bond donors (Lipinski definition) is 0. The average Bonchev–Trinajstić information content (AvgIpc) is 3.20. The first-order chi connectivity index (χ1) is 17.5. The first-order valence-electron chi connectivity index (χ1n) is 12.0. The highest BCUT2D eigenvalue weighted by molar-refractivity contribution is 6.05. The largest absolute Gasteiger partial charge is 0.462 e. The van der Waals surface area contributed by atoms with Crippen molar-refractivity contribution in [2.75, 3.05) is 6.61 Å². The average molecular weight is 478 g/mol. The van der Waals surface area contributed by atoms with E-state index in [4.69, 9.17) is 19.6 Å². The van der Waals surface area contributed by atoms with Crippen molar-refractivity contribution in [2.45, 2.75) is 27.3 Å². The van der Waals surface area contributed by atoms with E-state index in [2.05, 4.69) is 0 Å². The van der Waals surface area contributed by atoms with Gasteiger partial charge in [-0.15, -0.1) is 0 Å². The van der Waals surface area contributed by atoms with Crippen molar-refractivity contribution < 1.29 is 14.3 Å². The van der Waals surface area contributed by atoms with Crippen LogP contribution >= 0.6 is 0 Å². The number of carbonyl (C=O) groups is 1. The highest BCUT2D eigenvalue weighted by Crippen LogP contribution is 2.29. The molecule has 6 heteroatoms. The molecule has 0 aliphatic heterocycles. The predicted octanol–water partition coefficient (Wildman–Crippen LogP) is 6.73. The molecular weight excluding hydrogens is 450 g/mol. The molecule has 0 aliphatic carbocycles. The molecule has 0 atom stereocenters. The lowest BCUT2D eigenvalue weighted by molar-refractivity contribution is 0.0528. The number of aromatic nitrogens is 3. The zero-order valence-electron chi connectivity index (χ0n) is 20.6. The van der Waals surface area contributed by atoms with E-state index in [0.717, 1.165) is 33.9 Å². The summed E-state index contributed by atoms with van der Waals surface area (Å²) in [6.45, 7) is 6.54. The topological polar surface area (TPSA) is 66.2 Å². The summed E-state index contributed by atoms with van der Waals surface area (Å²) < 4.78 is 13.1. The summed E-state index contributed by atoms with van der Waals surface area (Å²) in [6, 6.07) is 27.5. The van der Waals surface area contributed by atoms with Crippen LogP contribution in [0.25, 0.3) is 22.3 Å². The van der Waals surface area contributed by atoms with Crippen LogP contribution in [-0.4, -0.2) is 27.3 Å². The molecule has 5 aromatic rings. The van der Waals surface area contributed by atoms with Crippen LogP contribution < -0.4 is 4.74 Å². The maximum atomic E-state index is 12.9. The number of carbonyl (C=O) groups excluding carboxylic acids is 1. The number of ether oxygens (including phenoxy) is 2. The lowest BCUT2D eigenvalue weighted by Gasteiger charge is -2.10. The Morgan fingerprint density at radius 2 is 1.58 bits per heavy atom. The number of para-hydroxylation sites is 1. The molecule has 5 rings (SSSR count). The third-order valence-electron chi connectivity index (χ3n) is 5.95. The minimum atomic E-state index is -0.372. The highest BCUT2D eigenvalue weighted by atomic mass is 16.5. The Morgan fingerprint density at radius 1 is 0.889 bits per heavy atom. The Kier molecular flexibility index (Phi) is 6.50. The van der Waals surface area contributed by atoms with Crippen molar-refractivity contribution >= 4 is 17.0 Å². The van der Waals surface area contributed by atoms with E-state index in [1.807, 2.05) is 97.4 Å². The number of hydrogen-bond acceptors (Lipinski definition) is 5. The van der Waals surface area contributed by atoms with Crippen LogP contribution in [0.1, 0.15) is 34.1 Å². The minimum Gasteiger partial charge on any atom is -0.462 e. The lowest BCUT2D eigenvalue weighted by atomic mass is 10.0. The molecule has 0 bridgehead atoms. The molecule has 36 heavy (non-hydrogen) atoms. The number of benzene rings is 3. The van der Waals surface area contributed by atoms with Gasteiger partial charge in [0.2, 0.25) is 0 Å². The first-order valence-corrected chi connectivity index (χ1v) is 12.0. The van der Waals surface area contributed by atoms with Gasteiger partial charge >= 0.3 is 5.97 Å². The van der Waals surface area contributed by atoms with Crippen LogP contribution in [0.3, 0.4) is 0 Å². The molecule has 2 aromatic heterocycles. The van der Waals surface area contributed by atoms with Crippen molar-refractivity contribution in [1.29, 1.82) is 0 Å². The molecule has 6 nitrogen and oxygen atoms in total. The van der Waals surface area contributed by atoms with Crippen molar-refractivity contribution in [3.8, 4) is 22.8 Å². The fraction of sp³-hybridized carbons (Fsp3) is 0.167. The van der Waals surface area contributed by atoms with Crippen LogP contribution in [0.5, 0.6) is 11.5 Å². The second kappa shape index (κ2) is 10.0. The maximum Gasteiger partial charge on any atom is 0.339 e. The van der Waals surface area contributed by atoms with E-state index >= 15 is 0 Å². The van der Waals surface area contributed by atoms with E-state index in [1.165, 1.54) is 0 Å². The van der Waals surface area contributed by atoms with Gasteiger partial charge in [-0.1, -0.05) is 60.2 Å². The van der Waals surface area contributed by atoms with Crippen LogP contribution in [0.4, 0.5) is 0 Å². The number of aryl methyl sites for hydroxylation is 2. The molecular formula is C30H27N3O3. The monoisotopic (exact) mass is 477 g/mol. The second-order valence-corrected chi connectivity index (χ2v) is 8.64. The van der Waals surface area contributed by atoms with E-state index in [0.29, 0.717) is 35.4 Å². The number of fused-ring (bicyclic) bond motifs is 1. The Bertz CT molecular complexity index is 1510. The molecule has 0 unspecified atom stereocenters. The summed E-state index contributed by atoms with van der Waals surface area (Å²) >= 11 is 0. The summed E-state index contributed by atoms with van der Waals surface area (Å²) in [4.78, 5) is 17.8. The molecule has 0 amide bonds. The zero-order valence-corrected chi connectivity index (χ0v) is 20.6. The molecule has 0 fully saturated rings. The Labute approximate surface area is 210 Å². The molecule has 0 saturated carbocycles. The van der Waals surface area contributed by atoms with Gasteiger partial charge in [0.15, 0.2) is 5.65 Å². The number of rotatable bonds is 7. The number of nitrogens with zero attached hydrogens (tertiary/aromatic N) is 3. The molecule has 3 aromatic carbocycles. The van der Waals surface area contributed by atoms with Gasteiger partial charge in [0, 0.05) is 5.56 Å². The smallest absolute Gasteiger partial charge is 0.339 e. The van der Waals surface area contributed by atoms with Gasteiger partial charge in [-0.3, -0.25) is 0 Å². The van der Waals surface area contributed by atoms with Crippen molar-refractivity contribution in [3.05, 3.63) is 107 Å². The van der Waals surface area contributed by atoms with Crippen LogP contribution in [0.2, 0.25) is 0 Å². The third kappa shape index (κ3) is 4.84. The predicted molar refractivity (Wildman–Crippen MR) is 140 cm³/mol. The van der Waals surface area contributed by atoms with E-state index in [-0.39, 0.29) is 5.97 Å². The van der Waals surface area contributed by atoms with E-state index in [1.54, 1.807) is 13.0 Å². The highest BCUT2D eigenvalue weighted by Gasteiger charge is 2.21. The van der Waals surface area contributed by atoms with E-state index < -0.39 is 0 Å². The van der Waals surface area contributed by atoms with Crippen LogP contribution in [0, 0.1) is 13.8 Å². The minimum absolute atomic E-state index is 0.299. The van der Waals surface area contributed by atoms with Gasteiger partial charge in [0.25, 0.3) is 0 Å². The molecule has 0 spiro atoms. The quantitative estimate of drug-likeness (QED) is 0.243. The van der Waals surface area contributed by atoms with Gasteiger partial charge in [0.1, 0.15) is 11.5 Å². The fourth-order valence-electron chi connectivity index (χ4n) is 4.17. The van der Waals surface area contributed by atoms with Crippen molar-refractivity contribution in [2.24, 2.45) is 0 Å². The molecule has 0 saturated heterocycles. The Balaban J connectivity index is 1.52. The normalized spacial score (nSPS) is 11.0. The summed E-state index contributed by atoms with van der Waals surface area (Å²) in [5.41, 5.74) is 5.70. The van der Waals surface area contributed by atoms with Crippen molar-refractivity contribution in [3.63, 3.8) is 0 Å². The molecule has 180 valence electrons. The maximum absolute atomic E-state index is 12.9. The van der Waals surface area contributed by atoms with Crippen molar-refractivity contribution in [1.82, 2.24) is 14.8 Å². The molecule has 0 N–H and O–H groups in total. The summed E-state index contributed by atoms with van der Waals surface area (Å²) in [7, 11) is 0. The number of esters is 1. The molecule has 2 heterocycles. The van der Waals surface area contributed by atoms with Gasteiger partial charge in [-0.05, 0) is 56.7 Å². The van der Waals surface area contributed by atoms with Gasteiger partial charge < -0.3 is 9.47 Å². The molecule has 0 aliphatic rings. The summed E-state index contributed by atoms with van der Waals surface area (Å²) in [6.07, 6.45) is 0. The second-order valence-electron chi connectivity index (χ2n) is 8.64. The van der Waals surface area contributed by atoms with Gasteiger partial charge in [-0.25, -0.2) is 14.5 Å². The summed E-state index contributed by atoms with van der Waals surface area (Å²) in [5.74, 6) is 1.18. The SMILES string of the molecule is CCOC(=O)c1cc(-c2ccc(C)cc2)nc2c1c(C)nn2Cc1ccc(Oc2ccccc2)cc1. The lowest BCUT2D eigenvalue weighted by Crippen LogP contribution is -2.08. The fourth-order valence-corrected chi connectivity index (χ4v) is 4.17. The Morgan fingerprint density at radius 3 is 2.28 bits per heavy atom. The Hall–Kier alpha value is -4.45. The third-order valence-corrected chi connectivity index (χ3v) is 5.95. The standard InChI is InChI=1S/C30H27N3O3/c1-4-35-30(34)26-18-27(23-14-10-20(2)11-15-23)31-29-28(26)21(3)32-33(29)19-22-12-16-25(17-13-22)36-24-8-6-5-7-9-24/h5-18H,4,19H2,1-3H3. The van der Waals surface area contributed by atoms with Gasteiger partial charge in [-0.2, -0.15) is 5.10 Å². The van der Waals surface area contributed by atoms with Gasteiger partial charge in [0.05, 0.1) is 35.5 Å².